The highest BCUT2D eigenvalue weighted by Gasteiger charge is 2.51. The number of nitrogens with zero attached hydrogens (tertiary/aromatic N) is 1. The van der Waals surface area contributed by atoms with Crippen LogP contribution in [0.2, 0.25) is 0 Å². The Kier molecular flexibility index (Phi) is 4.24. The van der Waals surface area contributed by atoms with Crippen molar-refractivity contribution < 1.29 is 13.9 Å². The lowest BCUT2D eigenvalue weighted by Gasteiger charge is -2.51. The molecule has 1 aromatic rings. The molecule has 1 saturated carbocycles. The van der Waals surface area contributed by atoms with Crippen molar-refractivity contribution >= 4 is 5.97 Å². The zero-order valence-corrected chi connectivity index (χ0v) is 12.4. The second kappa shape index (κ2) is 6.14. The van der Waals surface area contributed by atoms with Crippen LogP contribution in [0.25, 0.3) is 0 Å². The molecule has 3 nitrogen and oxygen atoms in total. The SMILES string of the molecule is CCOC(=O)[C@@H]1[C@@H]2CC[C@H](CC2F)N1Cc1ccccc1. The largest absolute Gasteiger partial charge is 0.465 e. The molecule has 114 valence electrons. The van der Waals surface area contributed by atoms with Gasteiger partial charge in [-0.05, 0) is 31.7 Å². The van der Waals surface area contributed by atoms with E-state index in [4.69, 9.17) is 4.74 Å². The van der Waals surface area contributed by atoms with Gasteiger partial charge in [0.1, 0.15) is 12.2 Å². The van der Waals surface area contributed by atoms with Gasteiger partial charge in [0.2, 0.25) is 0 Å². The number of rotatable bonds is 4. The van der Waals surface area contributed by atoms with Crippen molar-refractivity contribution in [3.05, 3.63) is 35.9 Å². The number of fused-ring (bicyclic) bond motifs is 3. The minimum absolute atomic E-state index is 0.152. The molecule has 4 atom stereocenters. The first-order chi connectivity index (χ1) is 10.2. The van der Waals surface area contributed by atoms with Crippen LogP contribution in [0.15, 0.2) is 30.3 Å². The van der Waals surface area contributed by atoms with E-state index in [1.165, 1.54) is 0 Å². The summed E-state index contributed by atoms with van der Waals surface area (Å²) in [7, 11) is 0. The predicted molar refractivity (Wildman–Crippen MR) is 78.4 cm³/mol. The molecule has 2 aliphatic heterocycles. The number of benzene rings is 1. The normalized spacial score (nSPS) is 32.1. The zero-order chi connectivity index (χ0) is 14.8. The summed E-state index contributed by atoms with van der Waals surface area (Å²) in [5.74, 6) is -0.469. The Morgan fingerprint density at radius 1 is 1.33 bits per heavy atom. The molecule has 0 N–H and O–H groups in total. The minimum Gasteiger partial charge on any atom is -0.465 e. The maximum Gasteiger partial charge on any atom is 0.323 e. The fourth-order valence-corrected chi connectivity index (χ4v) is 3.81. The van der Waals surface area contributed by atoms with Gasteiger partial charge in [-0.15, -0.1) is 0 Å². The van der Waals surface area contributed by atoms with Crippen molar-refractivity contribution in [3.8, 4) is 0 Å². The Bertz CT molecular complexity index is 493. The van der Waals surface area contributed by atoms with Crippen molar-refractivity contribution in [1.82, 2.24) is 4.90 Å². The molecule has 0 radical (unpaired) electrons. The summed E-state index contributed by atoms with van der Waals surface area (Å²) in [6.07, 6.45) is 1.45. The number of carbonyl (C=O) groups excluding carboxylic acids is 1. The molecule has 3 aliphatic rings. The summed E-state index contributed by atoms with van der Waals surface area (Å²) >= 11 is 0. The van der Waals surface area contributed by atoms with Gasteiger partial charge in [-0.25, -0.2) is 4.39 Å². The van der Waals surface area contributed by atoms with Crippen molar-refractivity contribution in [2.75, 3.05) is 6.61 Å². The topological polar surface area (TPSA) is 29.5 Å². The number of ether oxygens (including phenoxy) is 1. The van der Waals surface area contributed by atoms with E-state index in [1.54, 1.807) is 6.92 Å². The van der Waals surface area contributed by atoms with E-state index in [1.807, 2.05) is 18.2 Å². The van der Waals surface area contributed by atoms with Gasteiger partial charge in [-0.3, -0.25) is 9.69 Å². The summed E-state index contributed by atoms with van der Waals surface area (Å²) in [6, 6.07) is 9.80. The van der Waals surface area contributed by atoms with E-state index >= 15 is 0 Å². The van der Waals surface area contributed by atoms with Gasteiger partial charge >= 0.3 is 5.97 Å². The Balaban J connectivity index is 1.83. The first kappa shape index (κ1) is 14.5. The number of hydrogen-bond acceptors (Lipinski definition) is 3. The second-order valence-corrected chi connectivity index (χ2v) is 6.00. The molecule has 4 heteroatoms. The minimum atomic E-state index is -0.870. The van der Waals surface area contributed by atoms with Crippen LogP contribution in [0.1, 0.15) is 31.7 Å². The fourth-order valence-electron chi connectivity index (χ4n) is 3.81. The lowest BCUT2D eigenvalue weighted by molar-refractivity contribution is -0.164. The van der Waals surface area contributed by atoms with Crippen LogP contribution in [0, 0.1) is 5.92 Å². The van der Waals surface area contributed by atoms with E-state index < -0.39 is 12.2 Å². The van der Waals surface area contributed by atoms with Crippen molar-refractivity contribution in [2.24, 2.45) is 5.92 Å². The van der Waals surface area contributed by atoms with Crippen LogP contribution < -0.4 is 0 Å². The van der Waals surface area contributed by atoms with E-state index in [2.05, 4.69) is 17.0 Å². The highest BCUT2D eigenvalue weighted by atomic mass is 19.1. The third kappa shape index (κ3) is 2.82. The Hall–Kier alpha value is -1.42. The molecule has 2 saturated heterocycles. The molecule has 0 aromatic heterocycles. The molecule has 3 fully saturated rings. The highest BCUT2D eigenvalue weighted by Crippen LogP contribution is 2.42. The van der Waals surface area contributed by atoms with E-state index in [-0.39, 0.29) is 17.9 Å². The number of carbonyl (C=O) groups is 1. The van der Waals surface area contributed by atoms with Gasteiger partial charge in [-0.2, -0.15) is 0 Å². The van der Waals surface area contributed by atoms with Crippen molar-refractivity contribution in [1.29, 1.82) is 0 Å². The van der Waals surface area contributed by atoms with Crippen molar-refractivity contribution in [3.63, 3.8) is 0 Å². The Morgan fingerprint density at radius 3 is 2.76 bits per heavy atom. The van der Waals surface area contributed by atoms with Crippen LogP contribution in [0.4, 0.5) is 4.39 Å². The third-order valence-electron chi connectivity index (χ3n) is 4.76. The molecule has 1 aliphatic carbocycles. The molecule has 2 bridgehead atoms. The monoisotopic (exact) mass is 291 g/mol. The Labute approximate surface area is 125 Å². The number of hydrogen-bond donors (Lipinski definition) is 0. The molecule has 0 spiro atoms. The van der Waals surface area contributed by atoms with Crippen LogP contribution in [-0.2, 0) is 16.1 Å². The molecule has 1 aromatic carbocycles. The summed E-state index contributed by atoms with van der Waals surface area (Å²) in [4.78, 5) is 14.5. The second-order valence-electron chi connectivity index (χ2n) is 6.00. The molecular formula is C17H22FNO2. The average molecular weight is 291 g/mol. The van der Waals surface area contributed by atoms with Gasteiger partial charge in [0, 0.05) is 18.5 Å². The molecule has 4 rings (SSSR count). The van der Waals surface area contributed by atoms with Gasteiger partial charge in [-0.1, -0.05) is 30.3 Å². The molecule has 0 amide bonds. The van der Waals surface area contributed by atoms with Crippen LogP contribution in [0.5, 0.6) is 0 Å². The van der Waals surface area contributed by atoms with E-state index in [0.717, 1.165) is 18.4 Å². The zero-order valence-electron chi connectivity index (χ0n) is 12.4. The maximum absolute atomic E-state index is 14.2. The summed E-state index contributed by atoms with van der Waals surface area (Å²) in [5, 5.41) is 0. The highest BCUT2D eigenvalue weighted by molar-refractivity contribution is 5.76. The van der Waals surface area contributed by atoms with Gasteiger partial charge in [0.15, 0.2) is 0 Å². The van der Waals surface area contributed by atoms with E-state index in [0.29, 0.717) is 19.6 Å². The quantitative estimate of drug-likeness (QED) is 0.799. The van der Waals surface area contributed by atoms with Gasteiger partial charge in [0.05, 0.1) is 6.61 Å². The van der Waals surface area contributed by atoms with Gasteiger partial charge in [0.25, 0.3) is 0 Å². The molecule has 2 heterocycles. The first-order valence-electron chi connectivity index (χ1n) is 7.81. The summed E-state index contributed by atoms with van der Waals surface area (Å²) in [6.45, 7) is 2.84. The average Bonchev–Trinajstić information content (AvgIpc) is 2.49. The van der Waals surface area contributed by atoms with Gasteiger partial charge < -0.3 is 4.74 Å². The third-order valence-corrected chi connectivity index (χ3v) is 4.76. The van der Waals surface area contributed by atoms with Crippen LogP contribution >= 0.6 is 0 Å². The van der Waals surface area contributed by atoms with Crippen LogP contribution in [0.3, 0.4) is 0 Å². The molecular weight excluding hydrogens is 269 g/mol. The predicted octanol–water partition coefficient (Wildman–Crippen LogP) is 2.94. The molecule has 21 heavy (non-hydrogen) atoms. The van der Waals surface area contributed by atoms with E-state index in [9.17, 15) is 9.18 Å². The maximum atomic E-state index is 14.2. The fraction of sp³-hybridized carbons (Fsp3) is 0.588. The summed E-state index contributed by atoms with van der Waals surface area (Å²) < 4.78 is 19.4. The Morgan fingerprint density at radius 2 is 2.10 bits per heavy atom. The summed E-state index contributed by atoms with van der Waals surface area (Å²) in [5.41, 5.74) is 1.16. The number of esters is 1. The number of alkyl halides is 1. The number of halogens is 1. The standard InChI is InChI=1S/C17H22FNO2/c1-2-21-17(20)16-14-9-8-13(10-15(14)18)19(16)11-12-6-4-3-5-7-12/h3-7,13-16H,2,8-11H2,1H3/t13-,14-,15?,16+/m1/s1. The lowest BCUT2D eigenvalue weighted by Crippen LogP contribution is -2.62. The van der Waals surface area contributed by atoms with Crippen LogP contribution in [-0.4, -0.2) is 35.7 Å². The smallest absolute Gasteiger partial charge is 0.323 e. The first-order valence-corrected chi connectivity index (χ1v) is 7.81. The lowest BCUT2D eigenvalue weighted by atomic mass is 9.73. The van der Waals surface area contributed by atoms with Crippen molar-refractivity contribution in [2.45, 2.75) is 51.0 Å². The number of piperidine rings is 2. The molecule has 1 unspecified atom stereocenters.